The molecule has 0 radical (unpaired) electrons. The first-order chi connectivity index (χ1) is 20.6. The fourth-order valence-electron chi connectivity index (χ4n) is 6.12. The molecular formula is C33H44FN5O4S. The minimum atomic E-state index is -1.34. The van der Waals surface area contributed by atoms with Crippen LogP contribution in [0.2, 0.25) is 0 Å². The van der Waals surface area contributed by atoms with Crippen LogP contribution in [0.3, 0.4) is 0 Å². The van der Waals surface area contributed by atoms with Crippen LogP contribution >= 0.6 is 0 Å². The third-order valence-corrected chi connectivity index (χ3v) is 10.3. The number of amides is 2. The smallest absolute Gasteiger partial charge is 0.267 e. The van der Waals surface area contributed by atoms with Gasteiger partial charge >= 0.3 is 0 Å². The molecule has 1 aliphatic carbocycles. The monoisotopic (exact) mass is 625 g/mol. The third kappa shape index (κ3) is 7.68. The first-order valence-electron chi connectivity index (χ1n) is 15.1. The van der Waals surface area contributed by atoms with Crippen molar-refractivity contribution in [2.24, 2.45) is 5.41 Å². The fourth-order valence-corrected chi connectivity index (χ4v) is 6.97. The predicted molar refractivity (Wildman–Crippen MR) is 171 cm³/mol. The molecule has 5 atom stereocenters. The Morgan fingerprint density at radius 2 is 1.95 bits per heavy atom. The molecule has 0 spiro atoms. The van der Waals surface area contributed by atoms with Gasteiger partial charge in [-0.3, -0.25) is 14.4 Å². The number of nitrogens with one attached hydrogen (secondary N) is 3. The highest BCUT2D eigenvalue weighted by molar-refractivity contribution is 7.90. The lowest BCUT2D eigenvalue weighted by Gasteiger charge is -2.42. The summed E-state index contributed by atoms with van der Waals surface area (Å²) in [6.45, 7) is 13.0. The molecule has 2 amide bonds. The van der Waals surface area contributed by atoms with E-state index in [1.165, 1.54) is 6.08 Å². The van der Waals surface area contributed by atoms with Crippen LogP contribution in [-0.4, -0.2) is 60.9 Å². The van der Waals surface area contributed by atoms with Gasteiger partial charge in [-0.05, 0) is 102 Å². The normalized spacial score (nSPS) is 23.3. The van der Waals surface area contributed by atoms with Crippen LogP contribution in [0.25, 0.3) is 0 Å². The van der Waals surface area contributed by atoms with Gasteiger partial charge in [0.2, 0.25) is 5.91 Å². The summed E-state index contributed by atoms with van der Waals surface area (Å²) in [5.41, 5.74) is 2.58. The van der Waals surface area contributed by atoms with E-state index in [0.717, 1.165) is 11.1 Å². The molecule has 9 nitrogen and oxygen atoms in total. The topological polar surface area (TPSA) is 130 Å². The summed E-state index contributed by atoms with van der Waals surface area (Å²) in [6, 6.07) is 6.13. The molecule has 44 heavy (non-hydrogen) atoms. The highest BCUT2D eigenvalue weighted by Crippen LogP contribution is 2.43. The van der Waals surface area contributed by atoms with Gasteiger partial charge in [0.25, 0.3) is 11.5 Å². The number of aromatic amines is 1. The molecule has 2 aliphatic rings. The van der Waals surface area contributed by atoms with Crippen LogP contribution < -0.4 is 15.6 Å². The van der Waals surface area contributed by atoms with Crippen molar-refractivity contribution in [3.63, 3.8) is 0 Å². The van der Waals surface area contributed by atoms with E-state index in [-0.39, 0.29) is 42.0 Å². The molecule has 4 rings (SSSR count). The van der Waals surface area contributed by atoms with E-state index in [4.69, 9.17) is 0 Å². The highest BCUT2D eigenvalue weighted by atomic mass is 32.2. The molecule has 1 saturated heterocycles. The lowest BCUT2D eigenvalue weighted by molar-refractivity contribution is -0.135. The van der Waals surface area contributed by atoms with Gasteiger partial charge in [0, 0.05) is 40.4 Å². The Hall–Kier alpha value is -3.28. The van der Waals surface area contributed by atoms with Crippen LogP contribution in [0, 0.1) is 19.3 Å². The Morgan fingerprint density at radius 1 is 1.23 bits per heavy atom. The molecule has 0 saturated carbocycles. The molecule has 1 aromatic carbocycles. The van der Waals surface area contributed by atoms with Crippen LogP contribution in [0.4, 0.5) is 4.39 Å². The van der Waals surface area contributed by atoms with Crippen molar-refractivity contribution >= 4 is 23.2 Å². The largest absolute Gasteiger partial charge is 0.598 e. The van der Waals surface area contributed by atoms with Gasteiger partial charge < -0.3 is 14.8 Å². The first kappa shape index (κ1) is 33.6. The van der Waals surface area contributed by atoms with Gasteiger partial charge in [0.05, 0.1) is 24.3 Å². The molecule has 2 heterocycles. The van der Waals surface area contributed by atoms with E-state index in [2.05, 4.69) is 20.2 Å². The maximum absolute atomic E-state index is 14.4. The quantitative estimate of drug-likeness (QED) is 0.356. The zero-order chi connectivity index (χ0) is 32.4. The maximum atomic E-state index is 14.4. The Morgan fingerprint density at radius 3 is 2.61 bits per heavy atom. The second kappa shape index (κ2) is 13.4. The standard InChI is InChI=1S/C33H44FN5O4S/c1-20-15-24(11-10-23(20)17-25-16-21(2)36-37-31(25)42)30(41)35-19-29(40)39-27(22(3)38-44(43)32(4,5)6)12-13-28(39)33(7)14-8-9-26(34)18-33/h8-11,15-16,18,22,27-28,38H,12-14,17,19H2,1-7H3,(H,35,41)(H,37,42)/t22-,27+,28-,33?,44?/m0/s1. The number of allylic oxidation sites excluding steroid dienone is 3. The molecule has 2 unspecified atom stereocenters. The molecule has 1 fully saturated rings. The Bertz CT molecular complexity index is 1520. The van der Waals surface area contributed by atoms with E-state index in [1.807, 2.05) is 47.6 Å². The fraction of sp³-hybridized carbons (Fsp3) is 0.515. The molecular weight excluding hydrogens is 581 g/mol. The zero-order valence-electron chi connectivity index (χ0n) is 26.6. The maximum Gasteiger partial charge on any atom is 0.267 e. The Kier molecular flexibility index (Phi) is 10.2. The van der Waals surface area contributed by atoms with Crippen molar-refractivity contribution in [3.05, 3.63) is 86.6 Å². The van der Waals surface area contributed by atoms with Crippen molar-refractivity contribution in [3.8, 4) is 0 Å². The number of hydrogen-bond acceptors (Lipinski definition) is 6. The summed E-state index contributed by atoms with van der Waals surface area (Å²) in [5, 5.41) is 9.19. The van der Waals surface area contributed by atoms with Crippen LogP contribution in [0.15, 0.2) is 53.1 Å². The van der Waals surface area contributed by atoms with E-state index in [9.17, 15) is 23.3 Å². The molecule has 3 N–H and O–H groups in total. The van der Waals surface area contributed by atoms with Crippen molar-refractivity contribution in [2.75, 3.05) is 6.54 Å². The van der Waals surface area contributed by atoms with Gasteiger partial charge in [-0.15, -0.1) is 4.72 Å². The lowest BCUT2D eigenvalue weighted by atomic mass is 9.75. The predicted octanol–water partition coefficient (Wildman–Crippen LogP) is 4.33. The van der Waals surface area contributed by atoms with Crippen molar-refractivity contribution in [2.45, 2.75) is 97.0 Å². The summed E-state index contributed by atoms with van der Waals surface area (Å²) >= 11 is -1.34. The van der Waals surface area contributed by atoms with Crippen LogP contribution in [0.1, 0.15) is 86.6 Å². The number of hydrogen-bond donors (Lipinski definition) is 3. The highest BCUT2D eigenvalue weighted by Gasteiger charge is 2.48. The summed E-state index contributed by atoms with van der Waals surface area (Å²) in [6.07, 6.45) is 7.14. The second-order valence-corrected chi connectivity index (χ2v) is 15.3. The van der Waals surface area contributed by atoms with E-state index < -0.39 is 27.4 Å². The molecule has 2 aromatic rings. The summed E-state index contributed by atoms with van der Waals surface area (Å²) in [5.74, 6) is -0.993. The average molecular weight is 626 g/mol. The third-order valence-electron chi connectivity index (χ3n) is 8.60. The lowest BCUT2D eigenvalue weighted by Crippen LogP contribution is -2.57. The van der Waals surface area contributed by atoms with Crippen molar-refractivity contribution < 1.29 is 18.5 Å². The molecule has 1 aromatic heterocycles. The van der Waals surface area contributed by atoms with Gasteiger partial charge in [0.1, 0.15) is 10.6 Å². The second-order valence-electron chi connectivity index (χ2n) is 13.3. The van der Waals surface area contributed by atoms with Crippen molar-refractivity contribution in [1.29, 1.82) is 0 Å². The number of likely N-dealkylation sites (tertiary alicyclic amines) is 1. The molecule has 1 aliphatic heterocycles. The summed E-state index contributed by atoms with van der Waals surface area (Å²) in [4.78, 5) is 41.0. The number of rotatable bonds is 9. The van der Waals surface area contributed by atoms with E-state index >= 15 is 0 Å². The minimum Gasteiger partial charge on any atom is -0.598 e. The number of benzene rings is 1. The number of halogens is 1. The number of carbonyl (C=O) groups excluding carboxylic acids is 2. The van der Waals surface area contributed by atoms with Crippen LogP contribution in [0.5, 0.6) is 0 Å². The van der Waals surface area contributed by atoms with Crippen molar-refractivity contribution in [1.82, 2.24) is 25.1 Å². The number of nitrogens with zero attached hydrogens (tertiary/aromatic N) is 2. The number of H-pyrrole nitrogens is 1. The summed E-state index contributed by atoms with van der Waals surface area (Å²) in [7, 11) is 0. The molecule has 0 bridgehead atoms. The van der Waals surface area contributed by atoms with Gasteiger partial charge in [0.15, 0.2) is 0 Å². The number of aryl methyl sites for hydroxylation is 2. The SMILES string of the molecule is Cc1cc(Cc2ccc(C(=O)NCC(=O)N3[C@@H]([C@H](C)N[S+]([O-])C(C)(C)C)CC[C@H]3C3(C)C=C(F)C=CC3)cc2C)c(=O)[nH]n1. The summed E-state index contributed by atoms with van der Waals surface area (Å²) < 4.78 is 30.0. The minimum absolute atomic E-state index is 0.231. The average Bonchev–Trinajstić information content (AvgIpc) is 3.40. The first-order valence-corrected chi connectivity index (χ1v) is 16.2. The van der Waals surface area contributed by atoms with Crippen LogP contribution in [-0.2, 0) is 22.6 Å². The van der Waals surface area contributed by atoms with E-state index in [1.54, 1.807) is 42.2 Å². The Labute approximate surface area is 262 Å². The van der Waals surface area contributed by atoms with Gasteiger partial charge in [-0.2, -0.15) is 5.10 Å². The Balaban J connectivity index is 1.50. The van der Waals surface area contributed by atoms with Gasteiger partial charge in [-0.1, -0.05) is 19.1 Å². The number of aromatic nitrogens is 2. The van der Waals surface area contributed by atoms with Gasteiger partial charge in [-0.25, -0.2) is 9.49 Å². The van der Waals surface area contributed by atoms with E-state index in [0.29, 0.717) is 42.5 Å². The number of carbonyl (C=O) groups is 2. The molecule has 238 valence electrons. The zero-order valence-corrected chi connectivity index (χ0v) is 27.4. The molecule has 11 heteroatoms.